The van der Waals surface area contributed by atoms with Gasteiger partial charge in [0, 0.05) is 0 Å². The molecule has 0 spiro atoms. The van der Waals surface area contributed by atoms with Crippen LogP contribution >= 0.6 is 0 Å². The van der Waals surface area contributed by atoms with E-state index < -0.39 is 17.9 Å². The summed E-state index contributed by atoms with van der Waals surface area (Å²) in [7, 11) is 1.55. The van der Waals surface area contributed by atoms with Gasteiger partial charge in [-0.25, -0.2) is 0 Å². The minimum Gasteiger partial charge on any atom is -0.493 e. The number of hydrogen-bond donors (Lipinski definition) is 3. The van der Waals surface area contributed by atoms with E-state index in [4.69, 9.17) is 9.47 Å². The molecule has 0 saturated heterocycles. The molecule has 1 aliphatic rings. The third-order valence-electron chi connectivity index (χ3n) is 4.19. The van der Waals surface area contributed by atoms with Crippen LogP contribution in [0.25, 0.3) is 0 Å². The highest BCUT2D eigenvalue weighted by Gasteiger charge is 2.29. The van der Waals surface area contributed by atoms with E-state index >= 15 is 0 Å². The smallest absolute Gasteiger partial charge is 0.254 e. The van der Waals surface area contributed by atoms with E-state index in [0.717, 1.165) is 0 Å². The first kappa shape index (κ1) is 19.2. The van der Waals surface area contributed by atoms with Crippen molar-refractivity contribution in [1.29, 1.82) is 0 Å². The van der Waals surface area contributed by atoms with Crippen LogP contribution in [-0.2, 0) is 9.59 Å². The molecule has 0 unspecified atom stereocenters. The Kier molecular flexibility index (Phi) is 6.11. The Morgan fingerprint density at radius 1 is 1.07 bits per heavy atom. The van der Waals surface area contributed by atoms with Gasteiger partial charge in [-0.3, -0.25) is 14.4 Å². The number of amides is 3. The highest BCUT2D eigenvalue weighted by molar-refractivity contribution is 6.10. The molecule has 0 aromatic heterocycles. The molecule has 28 heavy (non-hydrogen) atoms. The molecule has 2 aromatic carbocycles. The van der Waals surface area contributed by atoms with Crippen LogP contribution in [0, 0.1) is 0 Å². The molecule has 0 fully saturated rings. The molecule has 8 nitrogen and oxygen atoms in total. The normalized spacial score (nSPS) is 15.5. The van der Waals surface area contributed by atoms with E-state index in [0.29, 0.717) is 22.7 Å². The van der Waals surface area contributed by atoms with Crippen LogP contribution < -0.4 is 25.4 Å². The second kappa shape index (κ2) is 8.90. The number of fused-ring (bicyclic) bond motifs is 1. The lowest BCUT2D eigenvalue weighted by molar-refractivity contribution is -0.125. The molecule has 1 heterocycles. The molecule has 146 valence electrons. The van der Waals surface area contributed by atoms with Crippen LogP contribution in [-0.4, -0.2) is 44.0 Å². The van der Waals surface area contributed by atoms with Crippen molar-refractivity contribution in [3.05, 3.63) is 54.1 Å². The topological polar surface area (TPSA) is 106 Å². The van der Waals surface area contributed by atoms with Crippen molar-refractivity contribution in [1.82, 2.24) is 10.6 Å². The number of anilines is 1. The van der Waals surface area contributed by atoms with Gasteiger partial charge >= 0.3 is 0 Å². The zero-order valence-corrected chi connectivity index (χ0v) is 15.4. The summed E-state index contributed by atoms with van der Waals surface area (Å²) in [5.41, 5.74) is 0.794. The molecular formula is C20H21N3O5. The Hall–Kier alpha value is -3.55. The lowest BCUT2D eigenvalue weighted by Gasteiger charge is -2.15. The fourth-order valence-corrected chi connectivity index (χ4v) is 2.80. The number of para-hydroxylation sites is 3. The Morgan fingerprint density at radius 2 is 1.79 bits per heavy atom. The number of nitrogens with one attached hydrogen (secondary N) is 3. The summed E-state index contributed by atoms with van der Waals surface area (Å²) in [5.74, 6) is -0.0151. The monoisotopic (exact) mass is 383 g/mol. The van der Waals surface area contributed by atoms with E-state index in [9.17, 15) is 14.4 Å². The number of benzene rings is 2. The largest absolute Gasteiger partial charge is 0.493 e. The van der Waals surface area contributed by atoms with E-state index in [1.165, 1.54) is 0 Å². The number of carbonyl (C=O) groups is 3. The zero-order chi connectivity index (χ0) is 19.9. The predicted octanol–water partition coefficient (Wildman–Crippen LogP) is 1.33. The number of carbonyl (C=O) groups excluding carboxylic acids is 3. The van der Waals surface area contributed by atoms with Gasteiger partial charge in [-0.1, -0.05) is 24.3 Å². The molecule has 3 amide bonds. The SMILES string of the molecule is COc1ccccc1OCCNC(=O)C[C@H]1NC(=O)c2ccccc2NC1=O. The lowest BCUT2D eigenvalue weighted by atomic mass is 10.1. The van der Waals surface area contributed by atoms with Crippen molar-refractivity contribution in [2.75, 3.05) is 25.6 Å². The van der Waals surface area contributed by atoms with Crippen LogP contribution in [0.4, 0.5) is 5.69 Å². The van der Waals surface area contributed by atoms with Crippen molar-refractivity contribution in [3.8, 4) is 11.5 Å². The highest BCUT2D eigenvalue weighted by atomic mass is 16.5. The molecule has 0 bridgehead atoms. The summed E-state index contributed by atoms with van der Waals surface area (Å²) in [6.45, 7) is 0.486. The summed E-state index contributed by atoms with van der Waals surface area (Å²) in [6, 6.07) is 12.9. The lowest BCUT2D eigenvalue weighted by Crippen LogP contribution is -2.45. The van der Waals surface area contributed by atoms with Crippen molar-refractivity contribution in [2.24, 2.45) is 0 Å². The van der Waals surface area contributed by atoms with Gasteiger partial charge in [0.05, 0.1) is 31.3 Å². The molecule has 8 heteroatoms. The molecule has 0 aliphatic carbocycles. The van der Waals surface area contributed by atoms with Gasteiger partial charge in [0.2, 0.25) is 11.8 Å². The van der Waals surface area contributed by atoms with Gasteiger partial charge in [-0.05, 0) is 24.3 Å². The van der Waals surface area contributed by atoms with Gasteiger partial charge in [0.25, 0.3) is 5.91 Å². The van der Waals surface area contributed by atoms with Gasteiger partial charge in [-0.15, -0.1) is 0 Å². The minimum absolute atomic E-state index is 0.166. The Labute approximate surface area is 162 Å². The quantitative estimate of drug-likeness (QED) is 0.626. The average molecular weight is 383 g/mol. The molecule has 0 radical (unpaired) electrons. The number of rotatable bonds is 7. The van der Waals surface area contributed by atoms with E-state index in [1.54, 1.807) is 43.5 Å². The van der Waals surface area contributed by atoms with Crippen LogP contribution in [0.15, 0.2) is 48.5 Å². The molecule has 1 atom stereocenters. The second-order valence-electron chi connectivity index (χ2n) is 6.11. The molecular weight excluding hydrogens is 362 g/mol. The van der Waals surface area contributed by atoms with E-state index in [2.05, 4.69) is 16.0 Å². The van der Waals surface area contributed by atoms with Crippen LogP contribution in [0.1, 0.15) is 16.8 Å². The first-order valence-electron chi connectivity index (χ1n) is 8.81. The van der Waals surface area contributed by atoms with Crippen molar-refractivity contribution in [2.45, 2.75) is 12.5 Å². The summed E-state index contributed by atoms with van der Waals surface area (Å²) in [4.78, 5) is 36.7. The van der Waals surface area contributed by atoms with Crippen LogP contribution in [0.2, 0.25) is 0 Å². The molecule has 2 aromatic rings. The van der Waals surface area contributed by atoms with Crippen LogP contribution in [0.3, 0.4) is 0 Å². The summed E-state index contributed by atoms with van der Waals surface area (Å²) in [6.07, 6.45) is -0.166. The Morgan fingerprint density at radius 3 is 2.57 bits per heavy atom. The van der Waals surface area contributed by atoms with Crippen molar-refractivity contribution < 1.29 is 23.9 Å². The van der Waals surface area contributed by atoms with Gasteiger partial charge in [0.1, 0.15) is 12.6 Å². The fourth-order valence-electron chi connectivity index (χ4n) is 2.80. The maximum atomic E-state index is 12.3. The highest BCUT2D eigenvalue weighted by Crippen LogP contribution is 2.25. The fraction of sp³-hybridized carbons (Fsp3) is 0.250. The van der Waals surface area contributed by atoms with Gasteiger partial charge in [0.15, 0.2) is 11.5 Å². The van der Waals surface area contributed by atoms with Crippen LogP contribution in [0.5, 0.6) is 11.5 Å². The zero-order valence-electron chi connectivity index (χ0n) is 15.4. The first-order chi connectivity index (χ1) is 13.6. The molecule has 3 rings (SSSR count). The third-order valence-corrected chi connectivity index (χ3v) is 4.19. The molecule has 0 saturated carbocycles. The van der Waals surface area contributed by atoms with E-state index in [-0.39, 0.29) is 25.5 Å². The summed E-state index contributed by atoms with van der Waals surface area (Å²) < 4.78 is 10.8. The number of ether oxygens (including phenoxy) is 2. The predicted molar refractivity (Wildman–Crippen MR) is 102 cm³/mol. The minimum atomic E-state index is -0.949. The van der Waals surface area contributed by atoms with E-state index in [1.807, 2.05) is 12.1 Å². The summed E-state index contributed by atoms with van der Waals surface area (Å²) in [5, 5.41) is 7.93. The standard InChI is InChI=1S/C20H21N3O5/c1-27-16-8-4-5-9-17(16)28-11-10-21-18(24)12-15-20(26)22-14-7-3-2-6-13(14)19(25)23-15/h2-9,15H,10-12H2,1H3,(H,21,24)(H,22,26)(H,23,25)/t15-/m1/s1. The third kappa shape index (κ3) is 4.59. The Bertz CT molecular complexity index is 884. The van der Waals surface area contributed by atoms with Crippen molar-refractivity contribution >= 4 is 23.4 Å². The van der Waals surface area contributed by atoms with Crippen molar-refractivity contribution in [3.63, 3.8) is 0 Å². The number of methoxy groups -OCH3 is 1. The summed E-state index contributed by atoms with van der Waals surface area (Å²) >= 11 is 0. The molecule has 3 N–H and O–H groups in total. The second-order valence-corrected chi connectivity index (χ2v) is 6.11. The Balaban J connectivity index is 1.48. The average Bonchev–Trinajstić information content (AvgIpc) is 2.82. The first-order valence-corrected chi connectivity index (χ1v) is 8.81. The maximum absolute atomic E-state index is 12.3. The van der Waals surface area contributed by atoms with Gasteiger partial charge < -0.3 is 25.4 Å². The number of hydrogen-bond acceptors (Lipinski definition) is 5. The molecule has 1 aliphatic heterocycles. The van der Waals surface area contributed by atoms with Gasteiger partial charge in [-0.2, -0.15) is 0 Å². The maximum Gasteiger partial charge on any atom is 0.254 e.